The van der Waals surface area contributed by atoms with Crippen molar-refractivity contribution < 1.29 is 24.5 Å². The van der Waals surface area contributed by atoms with Crippen LogP contribution in [0.4, 0.5) is 4.79 Å². The molecule has 0 saturated carbocycles. The summed E-state index contributed by atoms with van der Waals surface area (Å²) in [5.41, 5.74) is 2.01. The molecule has 0 saturated heterocycles. The largest absolute Gasteiger partial charge is 0.511 e. The van der Waals surface area contributed by atoms with Crippen molar-refractivity contribution in [2.24, 2.45) is 0 Å². The van der Waals surface area contributed by atoms with Gasteiger partial charge in [0.05, 0.1) is 6.61 Å². The molecule has 1 aromatic carbocycles. The number of aryl methyl sites for hydroxylation is 1. The van der Waals surface area contributed by atoms with Crippen LogP contribution < -0.4 is 9.47 Å². The Kier molecular flexibility index (Phi) is 9.81. The lowest BCUT2D eigenvalue weighted by atomic mass is 9.95. The summed E-state index contributed by atoms with van der Waals surface area (Å²) < 4.78 is 10.6. The minimum atomic E-state index is -1.44. The number of benzene rings is 1. The molecule has 0 bridgehead atoms. The van der Waals surface area contributed by atoms with E-state index in [4.69, 9.17) is 14.6 Å². The van der Waals surface area contributed by atoms with Gasteiger partial charge < -0.3 is 19.7 Å². The third-order valence-electron chi connectivity index (χ3n) is 4.14. The van der Waals surface area contributed by atoms with Gasteiger partial charge in [0.1, 0.15) is 0 Å². The van der Waals surface area contributed by atoms with Gasteiger partial charge in [-0.1, -0.05) is 46.5 Å². The lowest BCUT2D eigenvalue weighted by Crippen LogP contribution is -2.08. The number of ether oxygens (including phenoxy) is 2. The molecule has 0 atom stereocenters. The summed E-state index contributed by atoms with van der Waals surface area (Å²) in [6.45, 7) is 6.76. The number of aromatic hydroxyl groups is 1. The Hall–Kier alpha value is -1.91. The van der Waals surface area contributed by atoms with Crippen molar-refractivity contribution in [2.45, 2.75) is 78.6 Å². The highest BCUT2D eigenvalue weighted by Gasteiger charge is 2.21. The van der Waals surface area contributed by atoms with Gasteiger partial charge in [-0.05, 0) is 43.7 Å². The maximum Gasteiger partial charge on any atom is 0.511 e. The number of phenolic OH excluding ortho intramolecular Hbond substituents is 1. The molecular weight excluding hydrogens is 320 g/mol. The van der Waals surface area contributed by atoms with Crippen molar-refractivity contribution in [1.82, 2.24) is 0 Å². The Labute approximate surface area is 151 Å². The fraction of sp³-hybridized carbons (Fsp3) is 0.650. The number of carboxylic acid groups (broad SMARTS) is 1. The highest BCUT2D eigenvalue weighted by molar-refractivity contribution is 5.66. The summed E-state index contributed by atoms with van der Waals surface area (Å²) in [6.07, 6.45) is 7.48. The quantitative estimate of drug-likeness (QED) is 0.286. The number of hydrogen-bond donors (Lipinski definition) is 2. The lowest BCUT2D eigenvalue weighted by molar-refractivity contribution is 0.142. The number of phenols is 1. The van der Waals surface area contributed by atoms with E-state index < -0.39 is 6.16 Å². The van der Waals surface area contributed by atoms with E-state index in [0.29, 0.717) is 12.4 Å². The predicted molar refractivity (Wildman–Crippen MR) is 99.0 cm³/mol. The normalized spacial score (nSPS) is 10.7. The Morgan fingerprint density at radius 2 is 1.64 bits per heavy atom. The molecule has 0 amide bonds. The maximum absolute atomic E-state index is 10.9. The second kappa shape index (κ2) is 11.6. The highest BCUT2D eigenvalue weighted by Crippen LogP contribution is 2.43. The van der Waals surface area contributed by atoms with Gasteiger partial charge in [-0.3, -0.25) is 0 Å². The van der Waals surface area contributed by atoms with Gasteiger partial charge >= 0.3 is 6.16 Å². The molecule has 1 aromatic rings. The van der Waals surface area contributed by atoms with Crippen LogP contribution in [0, 0.1) is 0 Å². The van der Waals surface area contributed by atoms with Crippen LogP contribution in [-0.2, 0) is 12.8 Å². The van der Waals surface area contributed by atoms with Crippen LogP contribution in [0.5, 0.6) is 17.2 Å². The van der Waals surface area contributed by atoms with Crippen LogP contribution in [0.25, 0.3) is 0 Å². The SMILES string of the molecule is CCCCCc1cc(OC(=O)O)c(O)c(OCCC)c1CCCCC. The summed E-state index contributed by atoms with van der Waals surface area (Å²) in [7, 11) is 0. The van der Waals surface area contributed by atoms with Gasteiger partial charge in [0.25, 0.3) is 0 Å². The van der Waals surface area contributed by atoms with E-state index in [1.807, 2.05) is 6.92 Å². The average molecular weight is 352 g/mol. The molecule has 0 heterocycles. The van der Waals surface area contributed by atoms with Crippen LogP contribution in [0.2, 0.25) is 0 Å². The fourth-order valence-corrected chi connectivity index (χ4v) is 2.86. The number of unbranched alkanes of at least 4 members (excludes halogenated alkanes) is 4. The molecular formula is C20H32O5. The van der Waals surface area contributed by atoms with Crippen LogP contribution in [-0.4, -0.2) is 23.0 Å². The van der Waals surface area contributed by atoms with Gasteiger partial charge in [-0.2, -0.15) is 0 Å². The molecule has 0 radical (unpaired) electrons. The Balaban J connectivity index is 3.26. The standard InChI is InChI=1S/C20H32O5/c1-4-7-9-11-15-14-17(25-20(22)23)18(21)19(24-13-6-3)16(15)12-10-8-5-2/h14,21H,4-13H2,1-3H3,(H,22,23). The monoisotopic (exact) mass is 352 g/mol. The zero-order valence-electron chi connectivity index (χ0n) is 15.8. The minimum Gasteiger partial charge on any atom is -0.502 e. The minimum absolute atomic E-state index is 0.0376. The van der Waals surface area contributed by atoms with Gasteiger partial charge in [-0.25, -0.2) is 4.79 Å². The van der Waals surface area contributed by atoms with Crippen molar-refractivity contribution >= 4 is 6.16 Å². The van der Waals surface area contributed by atoms with E-state index in [1.54, 1.807) is 6.07 Å². The summed E-state index contributed by atoms with van der Waals surface area (Å²) in [5, 5.41) is 19.4. The molecule has 0 fully saturated rings. The van der Waals surface area contributed by atoms with Crippen LogP contribution in [0.1, 0.15) is 76.8 Å². The van der Waals surface area contributed by atoms with Crippen molar-refractivity contribution in [1.29, 1.82) is 0 Å². The molecule has 5 heteroatoms. The van der Waals surface area contributed by atoms with Gasteiger partial charge in [0, 0.05) is 5.56 Å². The molecule has 0 aliphatic carbocycles. The molecule has 142 valence electrons. The second-order valence-electron chi connectivity index (χ2n) is 6.32. The summed E-state index contributed by atoms with van der Waals surface area (Å²) in [4.78, 5) is 10.9. The first-order chi connectivity index (χ1) is 12.0. The second-order valence-corrected chi connectivity index (χ2v) is 6.32. The van der Waals surface area contributed by atoms with E-state index in [2.05, 4.69) is 13.8 Å². The first-order valence-electron chi connectivity index (χ1n) is 9.46. The van der Waals surface area contributed by atoms with E-state index in [1.165, 1.54) is 0 Å². The van der Waals surface area contributed by atoms with E-state index >= 15 is 0 Å². The van der Waals surface area contributed by atoms with Crippen molar-refractivity contribution in [3.63, 3.8) is 0 Å². The van der Waals surface area contributed by atoms with Crippen molar-refractivity contribution in [3.8, 4) is 17.2 Å². The first kappa shape index (κ1) is 21.1. The summed E-state index contributed by atoms with van der Waals surface area (Å²) in [6, 6.07) is 1.67. The number of hydrogen-bond acceptors (Lipinski definition) is 4. The van der Waals surface area contributed by atoms with Gasteiger partial charge in [0.2, 0.25) is 5.75 Å². The predicted octanol–water partition coefficient (Wildman–Crippen LogP) is 5.70. The first-order valence-corrected chi connectivity index (χ1v) is 9.46. The van der Waals surface area contributed by atoms with Crippen molar-refractivity contribution in [2.75, 3.05) is 6.61 Å². The highest BCUT2D eigenvalue weighted by atomic mass is 16.7. The third-order valence-corrected chi connectivity index (χ3v) is 4.14. The molecule has 5 nitrogen and oxygen atoms in total. The van der Waals surface area contributed by atoms with Crippen LogP contribution in [0.3, 0.4) is 0 Å². The van der Waals surface area contributed by atoms with E-state index in [-0.39, 0.29) is 11.5 Å². The molecule has 0 spiro atoms. The van der Waals surface area contributed by atoms with Crippen molar-refractivity contribution in [3.05, 3.63) is 17.2 Å². The number of rotatable bonds is 12. The summed E-state index contributed by atoms with van der Waals surface area (Å²) >= 11 is 0. The molecule has 2 N–H and O–H groups in total. The smallest absolute Gasteiger partial charge is 0.502 e. The van der Waals surface area contributed by atoms with Gasteiger partial charge in [0.15, 0.2) is 11.5 Å². The van der Waals surface area contributed by atoms with Crippen LogP contribution in [0.15, 0.2) is 6.07 Å². The maximum atomic E-state index is 10.9. The number of carbonyl (C=O) groups is 1. The Morgan fingerprint density at radius 3 is 2.20 bits per heavy atom. The molecule has 1 rings (SSSR count). The zero-order valence-corrected chi connectivity index (χ0v) is 15.8. The molecule has 25 heavy (non-hydrogen) atoms. The Morgan fingerprint density at radius 1 is 1.00 bits per heavy atom. The topological polar surface area (TPSA) is 76.0 Å². The van der Waals surface area contributed by atoms with Crippen LogP contribution >= 0.6 is 0 Å². The Bertz CT molecular complexity index is 539. The molecule has 0 aliphatic heterocycles. The molecule has 0 aromatic heterocycles. The molecule has 0 unspecified atom stereocenters. The zero-order chi connectivity index (χ0) is 18.7. The average Bonchev–Trinajstić information content (AvgIpc) is 2.57. The lowest BCUT2D eigenvalue weighted by Gasteiger charge is -2.19. The van der Waals surface area contributed by atoms with E-state index in [0.717, 1.165) is 68.9 Å². The van der Waals surface area contributed by atoms with Gasteiger partial charge in [-0.15, -0.1) is 0 Å². The fourth-order valence-electron chi connectivity index (χ4n) is 2.86. The summed E-state index contributed by atoms with van der Waals surface area (Å²) in [5.74, 6) is 0.147. The van der Waals surface area contributed by atoms with E-state index in [9.17, 15) is 9.90 Å². The third kappa shape index (κ3) is 6.85. The molecule has 0 aliphatic rings.